The summed E-state index contributed by atoms with van der Waals surface area (Å²) in [5.74, 6) is 0.713. The lowest BCUT2D eigenvalue weighted by atomic mass is 9.78. The third-order valence-corrected chi connectivity index (χ3v) is 11.6. The van der Waals surface area contributed by atoms with Gasteiger partial charge in [0.1, 0.15) is 0 Å². The Hall–Kier alpha value is -6.58. The molecule has 0 bridgehead atoms. The maximum absolute atomic E-state index is 5.10. The lowest BCUT2D eigenvalue weighted by molar-refractivity contribution is 0.666. The molecule has 2 aliphatic carbocycles. The number of fused-ring (bicyclic) bond motifs is 8. The van der Waals surface area contributed by atoms with Crippen LogP contribution in [0.2, 0.25) is 0 Å². The highest BCUT2D eigenvalue weighted by atomic mass is 15.0. The number of hydrogen-bond donors (Lipinski definition) is 0. The fraction of sp³-hybridized carbons (Fsp3) is 0.0800. The Morgan fingerprint density at radius 2 is 1.23 bits per heavy atom. The van der Waals surface area contributed by atoms with E-state index in [2.05, 4.69) is 170 Å². The normalized spacial score (nSPS) is 13.8. The van der Waals surface area contributed by atoms with Crippen molar-refractivity contribution in [1.29, 1.82) is 0 Å². The molecule has 0 radical (unpaired) electrons. The van der Waals surface area contributed by atoms with Gasteiger partial charge in [-0.1, -0.05) is 129 Å². The van der Waals surface area contributed by atoms with Crippen LogP contribution in [-0.2, 0) is 11.8 Å². The van der Waals surface area contributed by atoms with Gasteiger partial charge in [-0.25, -0.2) is 9.97 Å². The van der Waals surface area contributed by atoms with Crippen molar-refractivity contribution in [2.75, 3.05) is 0 Å². The predicted octanol–water partition coefficient (Wildman–Crippen LogP) is 12.6. The first-order chi connectivity index (χ1) is 26.0. The van der Waals surface area contributed by atoms with Crippen LogP contribution in [0.15, 0.2) is 158 Å². The van der Waals surface area contributed by atoms with Crippen molar-refractivity contribution in [1.82, 2.24) is 14.5 Å². The largest absolute Gasteiger partial charge is 0.309 e. The number of para-hydroxylation sites is 1. The standard InChI is InChI=1S/C50H35N3/c1-50(2)42-22-11-9-19-36(42)39-28-34-18-13-21-38-46(34)41(47(39)50)29-40-37-20-10-12-23-45(37)53(48(38)40)35-26-24-33(25-27-35)49-51-43(31-14-5-3-6-15-31)30-44(52-49)32-16-7-4-8-17-32/h3-17,19-30H,18H2,1-2H3. The summed E-state index contributed by atoms with van der Waals surface area (Å²) in [5.41, 5.74) is 16.8. The molecule has 0 saturated carbocycles. The van der Waals surface area contributed by atoms with E-state index in [-0.39, 0.29) is 5.41 Å². The molecule has 3 heteroatoms. The fourth-order valence-corrected chi connectivity index (χ4v) is 9.19. The molecule has 0 unspecified atom stereocenters. The van der Waals surface area contributed by atoms with Gasteiger partial charge in [0.2, 0.25) is 0 Å². The quantitative estimate of drug-likeness (QED) is 0.186. The first-order valence-corrected chi connectivity index (χ1v) is 18.5. The maximum atomic E-state index is 5.10. The van der Waals surface area contributed by atoms with Crippen LogP contribution in [0.5, 0.6) is 0 Å². The van der Waals surface area contributed by atoms with Crippen molar-refractivity contribution in [2.45, 2.75) is 25.7 Å². The Balaban J connectivity index is 1.12. The van der Waals surface area contributed by atoms with E-state index in [1.54, 1.807) is 0 Å². The smallest absolute Gasteiger partial charge is 0.160 e. The van der Waals surface area contributed by atoms with Crippen LogP contribution in [0.25, 0.3) is 89.4 Å². The lowest BCUT2D eigenvalue weighted by Crippen LogP contribution is -2.16. The van der Waals surface area contributed by atoms with Crippen molar-refractivity contribution >= 4 is 38.7 Å². The molecule has 2 aliphatic rings. The Morgan fingerprint density at radius 1 is 0.566 bits per heavy atom. The van der Waals surface area contributed by atoms with Gasteiger partial charge in [0.25, 0.3) is 0 Å². The molecule has 0 aliphatic heterocycles. The second-order valence-electron chi connectivity index (χ2n) is 14.9. The van der Waals surface area contributed by atoms with E-state index in [1.165, 1.54) is 66.0 Å². The van der Waals surface area contributed by atoms with Gasteiger partial charge in [-0.2, -0.15) is 0 Å². The highest BCUT2D eigenvalue weighted by molar-refractivity contribution is 6.20. The van der Waals surface area contributed by atoms with Crippen molar-refractivity contribution in [3.63, 3.8) is 0 Å². The summed E-state index contributed by atoms with van der Waals surface area (Å²) < 4.78 is 2.46. The monoisotopic (exact) mass is 677 g/mol. The molecule has 9 aromatic rings. The zero-order chi connectivity index (χ0) is 35.3. The topological polar surface area (TPSA) is 30.7 Å². The zero-order valence-corrected chi connectivity index (χ0v) is 29.6. The zero-order valence-electron chi connectivity index (χ0n) is 29.6. The molecule has 53 heavy (non-hydrogen) atoms. The number of rotatable bonds is 4. The van der Waals surface area contributed by atoms with E-state index in [0.29, 0.717) is 5.82 Å². The summed E-state index contributed by atoms with van der Waals surface area (Å²) in [5, 5.41) is 5.33. The molecule has 0 saturated heterocycles. The maximum Gasteiger partial charge on any atom is 0.160 e. The summed E-state index contributed by atoms with van der Waals surface area (Å²) in [7, 11) is 0. The Kier molecular flexibility index (Phi) is 6.36. The van der Waals surface area contributed by atoms with Crippen molar-refractivity contribution in [3.05, 3.63) is 180 Å². The highest BCUT2D eigenvalue weighted by Crippen LogP contribution is 2.54. The minimum absolute atomic E-state index is 0.0922. The molecule has 3 nitrogen and oxygen atoms in total. The minimum Gasteiger partial charge on any atom is -0.309 e. The first-order valence-electron chi connectivity index (χ1n) is 18.5. The van der Waals surface area contributed by atoms with Gasteiger partial charge in [-0.3, -0.25) is 0 Å². The number of benzene rings is 7. The second kappa shape index (κ2) is 11.2. The van der Waals surface area contributed by atoms with Gasteiger partial charge in [0, 0.05) is 44.1 Å². The number of allylic oxidation sites excluding steroid dienone is 1. The van der Waals surface area contributed by atoms with Crippen LogP contribution in [0.4, 0.5) is 0 Å². The van der Waals surface area contributed by atoms with Crippen molar-refractivity contribution < 1.29 is 0 Å². The van der Waals surface area contributed by atoms with Gasteiger partial charge in [-0.15, -0.1) is 0 Å². The van der Waals surface area contributed by atoms with Gasteiger partial charge in [-0.05, 0) is 93.5 Å². The molecule has 7 aromatic carbocycles. The van der Waals surface area contributed by atoms with Crippen LogP contribution >= 0.6 is 0 Å². The van der Waals surface area contributed by atoms with Crippen LogP contribution in [0, 0.1) is 0 Å². The molecule has 0 fully saturated rings. The van der Waals surface area contributed by atoms with Crippen LogP contribution in [0.1, 0.15) is 36.1 Å². The molecule has 0 amide bonds. The van der Waals surface area contributed by atoms with Gasteiger partial charge >= 0.3 is 0 Å². The molecule has 0 atom stereocenters. The molecule has 0 spiro atoms. The molecule has 11 rings (SSSR count). The first kappa shape index (κ1) is 30.1. The Labute approximate surface area is 308 Å². The van der Waals surface area contributed by atoms with E-state index >= 15 is 0 Å². The highest BCUT2D eigenvalue weighted by Gasteiger charge is 2.38. The predicted molar refractivity (Wildman–Crippen MR) is 220 cm³/mol. The minimum atomic E-state index is -0.0922. The number of nitrogens with zero attached hydrogens (tertiary/aromatic N) is 3. The van der Waals surface area contributed by atoms with E-state index in [1.807, 2.05) is 12.1 Å². The van der Waals surface area contributed by atoms with E-state index in [9.17, 15) is 0 Å². The molecule has 250 valence electrons. The third kappa shape index (κ3) is 4.41. The summed E-state index contributed by atoms with van der Waals surface area (Å²) in [6.45, 7) is 4.80. The summed E-state index contributed by atoms with van der Waals surface area (Å²) >= 11 is 0. The lowest BCUT2D eigenvalue weighted by Gasteiger charge is -2.26. The molecule has 0 N–H and O–H groups in total. The summed E-state index contributed by atoms with van der Waals surface area (Å²) in [6.07, 6.45) is 5.66. The van der Waals surface area contributed by atoms with Crippen molar-refractivity contribution in [2.24, 2.45) is 0 Å². The van der Waals surface area contributed by atoms with Gasteiger partial charge < -0.3 is 4.57 Å². The van der Waals surface area contributed by atoms with Crippen LogP contribution in [0.3, 0.4) is 0 Å². The Bertz CT molecular complexity index is 2910. The molecule has 2 aromatic heterocycles. The van der Waals surface area contributed by atoms with E-state index in [0.717, 1.165) is 40.2 Å². The number of hydrogen-bond acceptors (Lipinski definition) is 2. The molecular formula is C50H35N3. The molecular weight excluding hydrogens is 643 g/mol. The SMILES string of the molecule is CC1(C)c2ccccc2-c2cc3c4c(c5c(cc4c21)c1ccccc1n5-c1ccc(-c2nc(-c4ccccc4)cc(-c4ccccc4)n2)cc1)C=CC3. The van der Waals surface area contributed by atoms with Crippen molar-refractivity contribution in [3.8, 4) is 50.7 Å². The Morgan fingerprint density at radius 3 is 1.96 bits per heavy atom. The number of aromatic nitrogens is 3. The van der Waals surface area contributed by atoms with Gasteiger partial charge in [0.05, 0.1) is 22.4 Å². The van der Waals surface area contributed by atoms with E-state index < -0.39 is 0 Å². The average Bonchev–Trinajstić information content (AvgIpc) is 3.67. The van der Waals surface area contributed by atoms with Crippen LogP contribution < -0.4 is 0 Å². The summed E-state index contributed by atoms with van der Waals surface area (Å²) in [6, 6.07) is 54.5. The molecule has 2 heterocycles. The summed E-state index contributed by atoms with van der Waals surface area (Å²) in [4.78, 5) is 10.2. The van der Waals surface area contributed by atoms with E-state index in [4.69, 9.17) is 9.97 Å². The van der Waals surface area contributed by atoms with Gasteiger partial charge in [0.15, 0.2) is 5.82 Å². The fourth-order valence-electron chi connectivity index (χ4n) is 9.19. The van der Waals surface area contributed by atoms with Crippen LogP contribution in [-0.4, -0.2) is 14.5 Å². The third-order valence-electron chi connectivity index (χ3n) is 11.6. The average molecular weight is 678 g/mol. The second-order valence-corrected chi connectivity index (χ2v) is 14.9.